The summed E-state index contributed by atoms with van der Waals surface area (Å²) < 4.78 is 3.76. The summed E-state index contributed by atoms with van der Waals surface area (Å²) in [7, 11) is 0. The Morgan fingerprint density at radius 1 is 0.684 bits per heavy atom. The summed E-state index contributed by atoms with van der Waals surface area (Å²) in [5.74, 6) is 1.17. The van der Waals surface area contributed by atoms with Gasteiger partial charge in [-0.15, -0.1) is 10.2 Å². The summed E-state index contributed by atoms with van der Waals surface area (Å²) in [5, 5.41) is 8.67. The number of hydrogen-bond acceptors (Lipinski definition) is 7. The van der Waals surface area contributed by atoms with Crippen LogP contribution < -0.4 is 11.5 Å². The van der Waals surface area contributed by atoms with E-state index in [1.165, 1.54) is 0 Å². The number of nitrogens with two attached hydrogens (primary N) is 2. The molecule has 6 heterocycles. The molecule has 2 aliphatic rings. The summed E-state index contributed by atoms with van der Waals surface area (Å²) in [6.07, 6.45) is 16.4. The molecule has 6 rings (SSSR count). The van der Waals surface area contributed by atoms with Gasteiger partial charge in [-0.2, -0.15) is 0 Å². The van der Waals surface area contributed by atoms with E-state index in [4.69, 9.17) is 11.5 Å². The fourth-order valence-electron chi connectivity index (χ4n) is 4.49. The van der Waals surface area contributed by atoms with Gasteiger partial charge in [0, 0.05) is 29.1 Å². The number of nitrogen functional groups attached to an aromatic ring is 2. The van der Waals surface area contributed by atoms with E-state index < -0.39 is 0 Å². The van der Waals surface area contributed by atoms with Crippen LogP contribution in [0.5, 0.6) is 0 Å². The van der Waals surface area contributed by atoms with Crippen LogP contribution in [-0.2, 0) is 0 Å². The Balaban J connectivity index is 1.36. The lowest BCUT2D eigenvalue weighted by Gasteiger charge is -2.03. The highest BCUT2D eigenvalue weighted by molar-refractivity contribution is 5.82. The molecule has 184 valence electrons. The third-order valence-electron chi connectivity index (χ3n) is 6.35. The number of rotatable bonds is 6. The van der Waals surface area contributed by atoms with E-state index >= 15 is 0 Å². The van der Waals surface area contributed by atoms with Crippen LogP contribution in [0.15, 0.2) is 68.1 Å². The van der Waals surface area contributed by atoms with E-state index in [2.05, 4.69) is 38.3 Å². The molecule has 38 heavy (non-hydrogen) atoms. The van der Waals surface area contributed by atoms with Crippen LogP contribution in [0, 0.1) is 0 Å². The van der Waals surface area contributed by atoms with Crippen molar-refractivity contribution in [2.75, 3.05) is 11.5 Å². The fourth-order valence-corrected chi connectivity index (χ4v) is 4.49. The van der Waals surface area contributed by atoms with Crippen molar-refractivity contribution in [3.8, 4) is 11.3 Å². The zero-order valence-corrected chi connectivity index (χ0v) is 20.4. The fraction of sp³-hybridized carbons (Fsp3) is 0. The Morgan fingerprint density at radius 3 is 1.89 bits per heavy atom. The van der Waals surface area contributed by atoms with Gasteiger partial charge in [0.15, 0.2) is 0 Å². The van der Waals surface area contributed by atoms with Crippen molar-refractivity contribution in [3.05, 3.63) is 102 Å². The predicted octanol–water partition coefficient (Wildman–Crippen LogP) is 5.06. The quantitative estimate of drug-likeness (QED) is 0.329. The number of anilines is 2. The van der Waals surface area contributed by atoms with Gasteiger partial charge in [0.25, 0.3) is 0 Å². The van der Waals surface area contributed by atoms with Crippen LogP contribution >= 0.6 is 0 Å². The van der Waals surface area contributed by atoms with Crippen molar-refractivity contribution >= 4 is 59.4 Å². The number of hydrogen-bond donors (Lipinski definition) is 2. The zero-order valence-electron chi connectivity index (χ0n) is 20.4. The first-order valence-electron chi connectivity index (χ1n) is 11.8. The smallest absolute Gasteiger partial charge is 0.139 e. The molecule has 0 atom stereocenters. The highest BCUT2D eigenvalue weighted by Gasteiger charge is 2.13. The molecule has 0 saturated carbocycles. The van der Waals surface area contributed by atoms with Crippen molar-refractivity contribution in [1.82, 2.24) is 34.0 Å². The Kier molecular flexibility index (Phi) is 5.50. The predicted molar refractivity (Wildman–Crippen MR) is 154 cm³/mol. The van der Waals surface area contributed by atoms with Gasteiger partial charge in [-0.3, -0.25) is 13.8 Å². The molecule has 0 bridgehead atoms. The van der Waals surface area contributed by atoms with Gasteiger partial charge in [-0.1, -0.05) is 25.3 Å². The standard InChI is InChI=1S/C29H23N9/c1-3-18-15-28-32-13-11-26(30)37(28)24(18)9-6-20-5-7-21-22(35-36-23(21)17-34-20)8-10-25-19(4-2)16-29-33-14-12-27(31)38(25)29/h3-17H,1-2,30-31H2/b9-6+,10-8+. The lowest BCUT2D eigenvalue weighted by atomic mass is 10.1. The maximum atomic E-state index is 6.21. The molecule has 0 saturated heterocycles. The Morgan fingerprint density at radius 2 is 1.29 bits per heavy atom. The first-order chi connectivity index (χ1) is 18.6. The molecule has 2 aliphatic heterocycles. The van der Waals surface area contributed by atoms with Gasteiger partial charge in [-0.25, -0.2) is 9.97 Å². The van der Waals surface area contributed by atoms with Crippen LogP contribution in [0.2, 0.25) is 0 Å². The van der Waals surface area contributed by atoms with Crippen molar-refractivity contribution in [2.45, 2.75) is 0 Å². The number of nitrogens with zero attached hydrogens (tertiary/aromatic N) is 7. The highest BCUT2D eigenvalue weighted by Crippen LogP contribution is 2.27. The first-order valence-corrected chi connectivity index (χ1v) is 11.8. The van der Waals surface area contributed by atoms with Gasteiger partial charge in [-0.05, 0) is 60.7 Å². The minimum atomic E-state index is 0.584. The molecule has 4 aromatic heterocycles. The summed E-state index contributed by atoms with van der Waals surface area (Å²) >= 11 is 0. The number of aromatic nitrogens is 7. The van der Waals surface area contributed by atoms with E-state index in [9.17, 15) is 0 Å². The van der Waals surface area contributed by atoms with Crippen LogP contribution in [0.25, 0.3) is 59.0 Å². The molecule has 0 unspecified atom stereocenters. The minimum absolute atomic E-state index is 0.584. The largest absolute Gasteiger partial charge is 0.385 e. The van der Waals surface area contributed by atoms with Crippen molar-refractivity contribution in [2.24, 2.45) is 0 Å². The normalized spacial score (nSPS) is 11.9. The molecular weight excluding hydrogens is 474 g/mol. The Bertz CT molecular complexity index is 1890. The van der Waals surface area contributed by atoms with Gasteiger partial charge < -0.3 is 11.5 Å². The summed E-state index contributed by atoms with van der Waals surface area (Å²) in [6.45, 7) is 7.84. The molecule has 4 N–H and O–H groups in total. The summed E-state index contributed by atoms with van der Waals surface area (Å²) in [5.41, 5.74) is 20.5. The van der Waals surface area contributed by atoms with Gasteiger partial charge in [0.1, 0.15) is 28.6 Å². The third-order valence-corrected chi connectivity index (χ3v) is 6.35. The molecule has 0 fully saturated rings. The van der Waals surface area contributed by atoms with E-state index in [1.807, 2.05) is 57.4 Å². The van der Waals surface area contributed by atoms with Crippen LogP contribution in [0.3, 0.4) is 0 Å². The van der Waals surface area contributed by atoms with E-state index in [-0.39, 0.29) is 0 Å². The van der Waals surface area contributed by atoms with E-state index in [0.717, 1.165) is 45.1 Å². The van der Waals surface area contributed by atoms with Crippen LogP contribution in [0.1, 0.15) is 33.9 Å². The molecule has 9 heteroatoms. The molecule has 4 aromatic rings. The molecule has 0 aromatic carbocycles. The second-order valence-electron chi connectivity index (χ2n) is 8.57. The van der Waals surface area contributed by atoms with Crippen molar-refractivity contribution in [3.63, 3.8) is 0 Å². The molecular formula is C29H23N9. The average Bonchev–Trinajstić information content (AvgIpc) is 3.56. The van der Waals surface area contributed by atoms with Gasteiger partial charge >= 0.3 is 0 Å². The molecule has 9 nitrogen and oxygen atoms in total. The zero-order chi connectivity index (χ0) is 26.2. The Labute approximate surface area is 218 Å². The second-order valence-corrected chi connectivity index (χ2v) is 8.57. The van der Waals surface area contributed by atoms with Crippen molar-refractivity contribution < 1.29 is 0 Å². The van der Waals surface area contributed by atoms with Crippen molar-refractivity contribution in [1.29, 1.82) is 0 Å². The van der Waals surface area contributed by atoms with Crippen LogP contribution in [-0.4, -0.2) is 34.0 Å². The van der Waals surface area contributed by atoms with Crippen LogP contribution in [0.4, 0.5) is 11.6 Å². The van der Waals surface area contributed by atoms with Gasteiger partial charge in [0.2, 0.25) is 0 Å². The average molecular weight is 498 g/mol. The van der Waals surface area contributed by atoms with E-state index in [0.29, 0.717) is 23.0 Å². The molecule has 0 spiro atoms. The summed E-state index contributed by atoms with van der Waals surface area (Å²) in [6, 6.07) is 11.3. The maximum Gasteiger partial charge on any atom is 0.139 e. The lowest BCUT2D eigenvalue weighted by molar-refractivity contribution is 1.08. The van der Waals surface area contributed by atoms with E-state index in [1.54, 1.807) is 42.9 Å². The monoisotopic (exact) mass is 497 g/mol. The molecule has 0 amide bonds. The lowest BCUT2D eigenvalue weighted by Crippen LogP contribution is -1.99. The second kappa shape index (κ2) is 9.14. The van der Waals surface area contributed by atoms with Gasteiger partial charge in [0.05, 0.1) is 29.0 Å². The SMILES string of the molecule is C=Cc1cc2nccc(N)n2c1/C=C/c1ccc2c(/C=C/c3c(C=C)cc4nccc(N)n34)nnc-2cn1. The third kappa shape index (κ3) is 3.79. The topological polar surface area (TPSA) is 125 Å². The summed E-state index contributed by atoms with van der Waals surface area (Å²) in [4.78, 5) is 13.4. The highest BCUT2D eigenvalue weighted by atomic mass is 15.1. The first kappa shape index (κ1) is 22.9. The number of fused-ring (bicyclic) bond motifs is 3. The Hall–Kier alpha value is -5.57. The minimum Gasteiger partial charge on any atom is -0.385 e. The molecule has 0 radical (unpaired) electrons. The maximum absolute atomic E-state index is 6.21. The molecule has 0 aliphatic carbocycles.